The Morgan fingerprint density at radius 1 is 1.29 bits per heavy atom. The zero-order chi connectivity index (χ0) is 21.5. The fourth-order valence-corrected chi connectivity index (χ4v) is 6.34. The summed E-state index contributed by atoms with van der Waals surface area (Å²) in [6, 6.07) is 2.53. The molecule has 5 rings (SSSR count). The third-order valence-corrected chi connectivity index (χ3v) is 8.00. The van der Waals surface area contributed by atoms with E-state index >= 15 is 0 Å². The number of imidazole rings is 1. The number of nitrogens with one attached hydrogen (secondary N) is 2. The molecule has 2 aliphatic rings. The van der Waals surface area contributed by atoms with Gasteiger partial charge in [-0.1, -0.05) is 19.3 Å². The molecule has 0 saturated heterocycles. The molecule has 3 aromatic heterocycles. The number of nitrogens with zero attached hydrogens (tertiary/aromatic N) is 3. The highest BCUT2D eigenvalue weighted by Crippen LogP contribution is 2.36. The van der Waals surface area contributed by atoms with Gasteiger partial charge in [0.05, 0.1) is 22.8 Å². The molecule has 0 radical (unpaired) electrons. The summed E-state index contributed by atoms with van der Waals surface area (Å²) in [5.41, 5.74) is 0.700. The van der Waals surface area contributed by atoms with Crippen molar-refractivity contribution in [1.82, 2.24) is 24.6 Å². The van der Waals surface area contributed by atoms with Crippen LogP contribution in [0.15, 0.2) is 17.1 Å². The zero-order valence-electron chi connectivity index (χ0n) is 17.8. The van der Waals surface area contributed by atoms with Crippen molar-refractivity contribution >= 4 is 27.5 Å². The van der Waals surface area contributed by atoms with Crippen molar-refractivity contribution in [3.8, 4) is 5.88 Å². The molecule has 9 heteroatoms. The molecule has 2 saturated carbocycles. The van der Waals surface area contributed by atoms with E-state index in [9.17, 15) is 14.7 Å². The second-order valence-corrected chi connectivity index (χ2v) is 10.1. The fourth-order valence-electron chi connectivity index (χ4n) is 5.21. The highest BCUT2D eigenvalue weighted by atomic mass is 32.1. The van der Waals surface area contributed by atoms with Crippen LogP contribution >= 0.6 is 11.3 Å². The zero-order valence-corrected chi connectivity index (χ0v) is 18.6. The van der Waals surface area contributed by atoms with Gasteiger partial charge < -0.3 is 15.4 Å². The predicted molar refractivity (Wildman–Crippen MR) is 120 cm³/mol. The lowest BCUT2D eigenvalue weighted by atomic mass is 9.96. The Morgan fingerprint density at radius 2 is 2.10 bits per heavy atom. The van der Waals surface area contributed by atoms with E-state index in [0.29, 0.717) is 12.6 Å². The minimum Gasteiger partial charge on any atom is -0.493 e. The number of thiophene rings is 1. The Hall–Kier alpha value is -2.55. The van der Waals surface area contributed by atoms with Gasteiger partial charge in [-0.25, -0.2) is 4.79 Å². The summed E-state index contributed by atoms with van der Waals surface area (Å²) >= 11 is 1.54. The maximum absolute atomic E-state index is 13.0. The van der Waals surface area contributed by atoms with Crippen LogP contribution < -0.4 is 11.0 Å². The Kier molecular flexibility index (Phi) is 5.37. The van der Waals surface area contributed by atoms with Crippen LogP contribution in [0, 0.1) is 12.8 Å². The lowest BCUT2D eigenvalue weighted by Gasteiger charge is -2.22. The molecule has 31 heavy (non-hydrogen) atoms. The van der Waals surface area contributed by atoms with Gasteiger partial charge in [0.1, 0.15) is 4.83 Å². The minimum atomic E-state index is -0.294. The van der Waals surface area contributed by atoms with Gasteiger partial charge in [0.25, 0.3) is 5.91 Å². The van der Waals surface area contributed by atoms with Crippen molar-refractivity contribution in [2.24, 2.45) is 5.92 Å². The molecule has 3 aromatic rings. The number of H-pyrrole nitrogens is 1. The molecule has 2 atom stereocenters. The number of hydrogen-bond donors (Lipinski definition) is 3. The van der Waals surface area contributed by atoms with E-state index < -0.39 is 0 Å². The van der Waals surface area contributed by atoms with E-state index in [0.717, 1.165) is 40.1 Å². The predicted octanol–water partition coefficient (Wildman–Crippen LogP) is 3.71. The quantitative estimate of drug-likeness (QED) is 0.559. The summed E-state index contributed by atoms with van der Waals surface area (Å²) in [5, 5.41) is 18.9. The third kappa shape index (κ3) is 3.91. The molecular formula is C22H29N5O3S. The Morgan fingerprint density at radius 3 is 2.84 bits per heavy atom. The molecule has 0 spiro atoms. The van der Waals surface area contributed by atoms with Crippen molar-refractivity contribution in [2.45, 2.75) is 76.9 Å². The number of amides is 1. The first-order valence-electron chi connectivity index (χ1n) is 11.3. The van der Waals surface area contributed by atoms with Gasteiger partial charge in [0.15, 0.2) is 0 Å². The van der Waals surface area contributed by atoms with Gasteiger partial charge in [0.2, 0.25) is 5.88 Å². The molecule has 166 valence electrons. The molecular weight excluding hydrogens is 414 g/mol. The van der Waals surface area contributed by atoms with Crippen LogP contribution in [0.3, 0.4) is 0 Å². The number of aryl methyl sites for hydroxylation is 1. The highest BCUT2D eigenvalue weighted by Gasteiger charge is 2.29. The lowest BCUT2D eigenvalue weighted by molar-refractivity contribution is 0.0941. The smallest absolute Gasteiger partial charge is 0.328 e. The van der Waals surface area contributed by atoms with Gasteiger partial charge in [-0.05, 0) is 51.0 Å². The molecule has 0 aliphatic heterocycles. The second-order valence-electron chi connectivity index (χ2n) is 9.06. The maximum atomic E-state index is 13.0. The van der Waals surface area contributed by atoms with Crippen LogP contribution in [0.25, 0.3) is 10.2 Å². The first-order chi connectivity index (χ1) is 15.0. The fraction of sp³-hybridized carbons (Fsp3) is 0.591. The van der Waals surface area contributed by atoms with Crippen LogP contribution in [0.5, 0.6) is 5.88 Å². The molecule has 0 unspecified atom stereocenters. The number of hydrogen-bond acceptors (Lipinski definition) is 5. The average Bonchev–Trinajstić information content (AvgIpc) is 3.52. The highest BCUT2D eigenvalue weighted by molar-refractivity contribution is 7.20. The molecule has 0 aromatic carbocycles. The molecule has 2 fully saturated rings. The van der Waals surface area contributed by atoms with Crippen molar-refractivity contribution in [3.63, 3.8) is 0 Å². The number of aromatic hydroxyl groups is 1. The molecule has 3 heterocycles. The van der Waals surface area contributed by atoms with Crippen molar-refractivity contribution in [3.05, 3.63) is 33.3 Å². The first-order valence-corrected chi connectivity index (χ1v) is 12.1. The summed E-state index contributed by atoms with van der Waals surface area (Å²) in [7, 11) is 0. The van der Waals surface area contributed by atoms with Crippen LogP contribution in [-0.4, -0.2) is 36.4 Å². The SMILES string of the molecule is Cc1nn(C2CCCCC2)c2sc(C(=O)N[C@H]3CC[C@H](Cn4c(O)c[nH]c4=O)C3)cc12. The van der Waals surface area contributed by atoms with E-state index in [4.69, 9.17) is 5.10 Å². The van der Waals surface area contributed by atoms with Crippen LogP contribution in [0.1, 0.15) is 72.8 Å². The summed E-state index contributed by atoms with van der Waals surface area (Å²) in [6.07, 6.45) is 10.1. The first kappa shape index (κ1) is 20.4. The molecule has 0 bridgehead atoms. The second kappa shape index (κ2) is 8.18. The number of aromatic nitrogens is 4. The van der Waals surface area contributed by atoms with E-state index in [1.165, 1.54) is 42.9 Å². The van der Waals surface area contributed by atoms with Gasteiger partial charge in [-0.15, -0.1) is 11.3 Å². The largest absolute Gasteiger partial charge is 0.493 e. The Labute approximate surface area is 184 Å². The summed E-state index contributed by atoms with van der Waals surface area (Å²) in [6.45, 7) is 2.50. The van der Waals surface area contributed by atoms with Crippen LogP contribution in [-0.2, 0) is 6.54 Å². The van der Waals surface area contributed by atoms with Crippen LogP contribution in [0.4, 0.5) is 0 Å². The molecule has 1 amide bonds. The lowest BCUT2D eigenvalue weighted by Crippen LogP contribution is -2.32. The minimum absolute atomic E-state index is 0.0249. The Bertz CT molecular complexity index is 1150. The van der Waals surface area contributed by atoms with Gasteiger partial charge in [-0.2, -0.15) is 5.10 Å². The normalized spacial score (nSPS) is 22.4. The topological polar surface area (TPSA) is 105 Å². The summed E-state index contributed by atoms with van der Waals surface area (Å²) in [5.74, 6) is 0.197. The maximum Gasteiger partial charge on any atom is 0.328 e. The van der Waals surface area contributed by atoms with Crippen LogP contribution in [0.2, 0.25) is 0 Å². The van der Waals surface area contributed by atoms with E-state index in [-0.39, 0.29) is 29.4 Å². The van der Waals surface area contributed by atoms with Gasteiger partial charge >= 0.3 is 5.69 Å². The third-order valence-electron chi connectivity index (χ3n) is 6.88. The number of fused-ring (bicyclic) bond motifs is 1. The van der Waals surface area contributed by atoms with Crippen molar-refractivity contribution < 1.29 is 9.90 Å². The van der Waals surface area contributed by atoms with E-state index in [2.05, 4.69) is 15.0 Å². The Balaban J connectivity index is 1.26. The molecule has 3 N–H and O–H groups in total. The van der Waals surface area contributed by atoms with E-state index in [1.807, 2.05) is 13.0 Å². The van der Waals surface area contributed by atoms with Gasteiger partial charge in [-0.3, -0.25) is 14.0 Å². The molecule has 8 nitrogen and oxygen atoms in total. The summed E-state index contributed by atoms with van der Waals surface area (Å²) in [4.78, 5) is 29.1. The molecule has 2 aliphatic carbocycles. The summed E-state index contributed by atoms with van der Waals surface area (Å²) < 4.78 is 3.53. The average molecular weight is 444 g/mol. The monoisotopic (exact) mass is 443 g/mol. The van der Waals surface area contributed by atoms with Crippen molar-refractivity contribution in [2.75, 3.05) is 0 Å². The number of carbonyl (C=O) groups excluding carboxylic acids is 1. The standard InChI is InChI=1S/C22H29N5O3S/c1-13-17-10-18(31-21(17)27(25-13)16-5-3-2-4-6-16)20(29)24-15-8-7-14(9-15)12-26-19(28)11-23-22(26)30/h10-11,14-16,28H,2-9,12H2,1H3,(H,23,30)(H,24,29)/t14-,15-/m0/s1. The number of carbonyl (C=O) groups is 1. The van der Waals surface area contributed by atoms with Crippen molar-refractivity contribution in [1.29, 1.82) is 0 Å². The van der Waals surface area contributed by atoms with Gasteiger partial charge in [0, 0.05) is 18.0 Å². The van der Waals surface area contributed by atoms with E-state index in [1.54, 1.807) is 11.3 Å². The number of rotatable bonds is 5. The number of aromatic amines is 1.